The van der Waals surface area contributed by atoms with E-state index in [4.69, 9.17) is 10.5 Å². The van der Waals surface area contributed by atoms with Crippen LogP contribution in [0.1, 0.15) is 51.0 Å². The number of hydrogen-bond acceptors (Lipinski definition) is 3. The largest absolute Gasteiger partial charge is 0.490 e. The Labute approximate surface area is 174 Å². The Bertz CT molecular complexity index is 575. The molecule has 6 heteroatoms. The van der Waals surface area contributed by atoms with Gasteiger partial charge in [-0.1, -0.05) is 25.1 Å². The monoisotopic (exact) mass is 472 g/mol. The molecule has 1 atom stereocenters. The summed E-state index contributed by atoms with van der Waals surface area (Å²) in [5.41, 5.74) is 7.19. The summed E-state index contributed by atoms with van der Waals surface area (Å²) in [6, 6.07) is 8.77. The normalized spacial score (nSPS) is 21.6. The third kappa shape index (κ3) is 6.01. The SMILES string of the molecule is CCN1CCCC1CNC(N)=NCc1ccccc1OC1CCCC1.I. The van der Waals surface area contributed by atoms with Crippen LogP contribution in [-0.4, -0.2) is 42.6 Å². The minimum absolute atomic E-state index is 0. The maximum absolute atomic E-state index is 6.17. The number of likely N-dealkylation sites (tertiary alicyclic amines) is 1. The molecule has 2 aliphatic rings. The molecule has 1 unspecified atom stereocenters. The predicted molar refractivity (Wildman–Crippen MR) is 118 cm³/mol. The summed E-state index contributed by atoms with van der Waals surface area (Å²) in [6.07, 6.45) is 7.76. The van der Waals surface area contributed by atoms with Crippen molar-refractivity contribution in [2.24, 2.45) is 10.7 Å². The van der Waals surface area contributed by atoms with Gasteiger partial charge in [-0.25, -0.2) is 4.99 Å². The molecule has 1 saturated carbocycles. The van der Waals surface area contributed by atoms with Crippen molar-refractivity contribution in [3.8, 4) is 5.75 Å². The lowest BCUT2D eigenvalue weighted by molar-refractivity contribution is 0.208. The van der Waals surface area contributed by atoms with Crippen LogP contribution < -0.4 is 15.8 Å². The third-order valence-corrected chi connectivity index (χ3v) is 5.41. The molecule has 3 N–H and O–H groups in total. The molecular weight excluding hydrogens is 439 g/mol. The Kier molecular flexibility index (Phi) is 8.98. The molecule has 0 radical (unpaired) electrons. The van der Waals surface area contributed by atoms with Gasteiger partial charge in [0.25, 0.3) is 0 Å². The fourth-order valence-electron chi connectivity index (χ4n) is 3.93. The number of halogens is 1. The number of likely N-dealkylation sites (N-methyl/N-ethyl adjacent to an activating group) is 1. The number of guanidine groups is 1. The van der Waals surface area contributed by atoms with Crippen LogP contribution in [0.15, 0.2) is 29.3 Å². The zero-order valence-electron chi connectivity index (χ0n) is 15.8. The molecule has 1 heterocycles. The van der Waals surface area contributed by atoms with E-state index in [0.717, 1.165) is 37.2 Å². The van der Waals surface area contributed by atoms with Crippen molar-refractivity contribution in [3.05, 3.63) is 29.8 Å². The summed E-state index contributed by atoms with van der Waals surface area (Å²) in [7, 11) is 0. The number of benzene rings is 1. The highest BCUT2D eigenvalue weighted by molar-refractivity contribution is 14.0. The molecule has 0 spiro atoms. The van der Waals surface area contributed by atoms with Crippen molar-refractivity contribution in [2.45, 2.75) is 64.1 Å². The highest BCUT2D eigenvalue weighted by atomic mass is 127. The lowest BCUT2D eigenvalue weighted by Gasteiger charge is -2.23. The van der Waals surface area contributed by atoms with Crippen LogP contribution in [0.5, 0.6) is 5.75 Å². The van der Waals surface area contributed by atoms with Crippen molar-refractivity contribution < 1.29 is 4.74 Å². The molecule has 3 rings (SSSR count). The number of nitrogens with zero attached hydrogens (tertiary/aromatic N) is 2. The fourth-order valence-corrected chi connectivity index (χ4v) is 3.93. The molecular formula is C20H33IN4O. The van der Waals surface area contributed by atoms with Crippen molar-refractivity contribution in [2.75, 3.05) is 19.6 Å². The lowest BCUT2D eigenvalue weighted by atomic mass is 10.2. The van der Waals surface area contributed by atoms with Gasteiger partial charge in [-0.15, -0.1) is 24.0 Å². The standard InChI is InChI=1S/C20H32N4O.HI/c1-2-24-13-7-9-17(24)15-23-20(21)22-14-16-8-3-6-12-19(16)25-18-10-4-5-11-18;/h3,6,8,12,17-18H,2,4-5,7,9-11,13-15H2,1H3,(H3,21,22,23);1H. The molecule has 146 valence electrons. The molecule has 1 aliphatic heterocycles. The number of aliphatic imine (C=N–C) groups is 1. The van der Waals surface area contributed by atoms with Crippen molar-refractivity contribution in [3.63, 3.8) is 0 Å². The molecule has 5 nitrogen and oxygen atoms in total. The Morgan fingerprint density at radius 2 is 2.00 bits per heavy atom. The Morgan fingerprint density at radius 3 is 2.77 bits per heavy atom. The Morgan fingerprint density at radius 1 is 1.23 bits per heavy atom. The van der Waals surface area contributed by atoms with E-state index in [1.807, 2.05) is 18.2 Å². The summed E-state index contributed by atoms with van der Waals surface area (Å²) in [5, 5.41) is 3.30. The smallest absolute Gasteiger partial charge is 0.188 e. The first-order chi connectivity index (χ1) is 12.3. The van der Waals surface area contributed by atoms with Gasteiger partial charge >= 0.3 is 0 Å². The van der Waals surface area contributed by atoms with E-state index in [9.17, 15) is 0 Å². The number of nitrogens with one attached hydrogen (secondary N) is 1. The van der Waals surface area contributed by atoms with Gasteiger partial charge < -0.3 is 15.8 Å². The van der Waals surface area contributed by atoms with Crippen LogP contribution in [0.3, 0.4) is 0 Å². The highest BCUT2D eigenvalue weighted by Gasteiger charge is 2.22. The van der Waals surface area contributed by atoms with Gasteiger partial charge in [0.1, 0.15) is 5.75 Å². The van der Waals surface area contributed by atoms with E-state index in [1.54, 1.807) is 0 Å². The van der Waals surface area contributed by atoms with Crippen LogP contribution in [0, 0.1) is 0 Å². The van der Waals surface area contributed by atoms with Crippen molar-refractivity contribution in [1.29, 1.82) is 0 Å². The number of ether oxygens (including phenoxy) is 1. The Hall–Kier alpha value is -1.02. The topological polar surface area (TPSA) is 62.9 Å². The van der Waals surface area contributed by atoms with Gasteiger partial charge in [0.15, 0.2) is 5.96 Å². The van der Waals surface area contributed by atoms with Crippen LogP contribution >= 0.6 is 24.0 Å². The van der Waals surface area contributed by atoms with E-state index in [2.05, 4.69) is 28.2 Å². The third-order valence-electron chi connectivity index (χ3n) is 5.41. The van der Waals surface area contributed by atoms with Crippen LogP contribution in [0.2, 0.25) is 0 Å². The first kappa shape index (κ1) is 21.3. The van der Waals surface area contributed by atoms with Crippen molar-refractivity contribution in [1.82, 2.24) is 10.2 Å². The van der Waals surface area contributed by atoms with Crippen LogP contribution in [0.4, 0.5) is 0 Å². The highest BCUT2D eigenvalue weighted by Crippen LogP contribution is 2.27. The molecule has 1 aromatic carbocycles. The van der Waals surface area contributed by atoms with E-state index >= 15 is 0 Å². The first-order valence-electron chi connectivity index (χ1n) is 9.78. The summed E-state index contributed by atoms with van der Waals surface area (Å²) < 4.78 is 6.17. The summed E-state index contributed by atoms with van der Waals surface area (Å²) >= 11 is 0. The van der Waals surface area contributed by atoms with E-state index in [-0.39, 0.29) is 24.0 Å². The van der Waals surface area contributed by atoms with E-state index in [0.29, 0.717) is 24.7 Å². The van der Waals surface area contributed by atoms with Gasteiger partial charge in [-0.2, -0.15) is 0 Å². The molecule has 0 amide bonds. The second-order valence-corrected chi connectivity index (χ2v) is 7.14. The summed E-state index contributed by atoms with van der Waals surface area (Å²) in [4.78, 5) is 7.03. The number of rotatable bonds is 7. The molecule has 1 aromatic rings. The number of para-hydroxylation sites is 1. The second-order valence-electron chi connectivity index (χ2n) is 7.14. The molecule has 0 aromatic heterocycles. The molecule has 1 saturated heterocycles. The summed E-state index contributed by atoms with van der Waals surface area (Å²) in [6.45, 7) is 5.96. The molecule has 26 heavy (non-hydrogen) atoms. The second kappa shape index (κ2) is 11.0. The van der Waals surface area contributed by atoms with Gasteiger partial charge in [0.05, 0.1) is 12.6 Å². The van der Waals surface area contributed by atoms with Gasteiger partial charge in [0.2, 0.25) is 0 Å². The van der Waals surface area contributed by atoms with Crippen molar-refractivity contribution >= 4 is 29.9 Å². The van der Waals surface area contributed by atoms with Crippen LogP contribution in [0.25, 0.3) is 0 Å². The zero-order valence-corrected chi connectivity index (χ0v) is 18.2. The van der Waals surface area contributed by atoms with Crippen LogP contribution in [-0.2, 0) is 6.54 Å². The molecule has 0 bridgehead atoms. The predicted octanol–water partition coefficient (Wildman–Crippen LogP) is 3.51. The maximum atomic E-state index is 6.17. The lowest BCUT2D eigenvalue weighted by Crippen LogP contribution is -2.42. The fraction of sp³-hybridized carbons (Fsp3) is 0.650. The quantitative estimate of drug-likeness (QED) is 0.362. The first-order valence-corrected chi connectivity index (χ1v) is 9.78. The number of hydrogen-bond donors (Lipinski definition) is 2. The average Bonchev–Trinajstić information content (AvgIpc) is 3.30. The zero-order chi connectivity index (χ0) is 17.5. The average molecular weight is 472 g/mol. The minimum Gasteiger partial charge on any atom is -0.490 e. The van der Waals surface area contributed by atoms with E-state index in [1.165, 1.54) is 32.2 Å². The van der Waals surface area contributed by atoms with Gasteiger partial charge in [-0.3, -0.25) is 4.90 Å². The summed E-state index contributed by atoms with van der Waals surface area (Å²) in [5.74, 6) is 1.48. The molecule has 2 fully saturated rings. The van der Waals surface area contributed by atoms with E-state index < -0.39 is 0 Å². The molecule has 1 aliphatic carbocycles. The number of nitrogens with two attached hydrogens (primary N) is 1. The maximum Gasteiger partial charge on any atom is 0.188 e. The Balaban J connectivity index is 0.00000243. The van der Waals surface area contributed by atoms with Gasteiger partial charge in [-0.05, 0) is 57.7 Å². The van der Waals surface area contributed by atoms with Gasteiger partial charge in [0, 0.05) is 18.2 Å². The minimum atomic E-state index is 0.